The van der Waals surface area contributed by atoms with Crippen molar-refractivity contribution < 1.29 is 24.1 Å². The van der Waals surface area contributed by atoms with Gasteiger partial charge in [0, 0.05) is 49.3 Å². The molecule has 7 heteroatoms. The number of benzene rings is 1. The molecule has 1 spiro atoms. The Balaban J connectivity index is 1.86. The smallest absolute Gasteiger partial charge is 0.342 e. The normalized spacial score (nSPS) is 40.3. The lowest BCUT2D eigenvalue weighted by Crippen LogP contribution is -2.81. The van der Waals surface area contributed by atoms with Gasteiger partial charge >= 0.3 is 5.97 Å². The molecule has 5 rings (SSSR count). The predicted molar refractivity (Wildman–Crippen MR) is 116 cm³/mol. The largest absolute Gasteiger partial charge is 0.497 e. The fraction of sp³-hybridized carbons (Fsp3) is 0.625. The molecule has 0 amide bonds. The molecule has 0 unspecified atom stereocenters. The van der Waals surface area contributed by atoms with Crippen molar-refractivity contribution in [2.75, 3.05) is 46.4 Å². The standard InChI is InChI=1S/C24H32N2O5/c1-6-22-10-7-12-26-13-11-23(18(22)26)16-9-8-15(29-3)14-17(16)25(2)19(23)24(28,20(22)30-4)21(27)31-5/h7-10,14,18-20,28H,6,11-13H2,1-5H3/t18-,19+,20+,22+,23+,24-/m0/s1. The molecular formula is C24H32N2O5. The van der Waals surface area contributed by atoms with E-state index in [1.165, 1.54) is 12.7 Å². The Labute approximate surface area is 183 Å². The van der Waals surface area contributed by atoms with Crippen LogP contribution in [0, 0.1) is 5.41 Å². The summed E-state index contributed by atoms with van der Waals surface area (Å²) in [6.07, 6.45) is 5.21. The highest BCUT2D eigenvalue weighted by atomic mass is 16.6. The second-order valence-electron chi connectivity index (χ2n) is 9.39. The lowest BCUT2D eigenvalue weighted by atomic mass is 9.48. The summed E-state index contributed by atoms with van der Waals surface area (Å²) >= 11 is 0. The minimum Gasteiger partial charge on any atom is -0.497 e. The Morgan fingerprint density at radius 1 is 1.26 bits per heavy atom. The van der Waals surface area contributed by atoms with Gasteiger partial charge in [-0.3, -0.25) is 4.90 Å². The van der Waals surface area contributed by atoms with Crippen molar-refractivity contribution in [2.45, 2.75) is 49.0 Å². The van der Waals surface area contributed by atoms with E-state index >= 15 is 0 Å². The molecule has 7 nitrogen and oxygen atoms in total. The molecule has 4 aliphatic rings. The predicted octanol–water partition coefficient (Wildman–Crippen LogP) is 1.72. The van der Waals surface area contributed by atoms with Crippen LogP contribution in [-0.4, -0.2) is 81.2 Å². The van der Waals surface area contributed by atoms with Gasteiger partial charge in [0.05, 0.1) is 20.3 Å². The zero-order valence-electron chi connectivity index (χ0n) is 18.9. The number of aliphatic hydroxyl groups is 1. The monoisotopic (exact) mass is 428 g/mol. The minimum absolute atomic E-state index is 0.104. The summed E-state index contributed by atoms with van der Waals surface area (Å²) in [7, 11) is 6.54. The van der Waals surface area contributed by atoms with Crippen LogP contribution in [0.1, 0.15) is 25.3 Å². The van der Waals surface area contributed by atoms with Gasteiger partial charge in [-0.1, -0.05) is 25.1 Å². The first kappa shape index (κ1) is 20.8. The van der Waals surface area contributed by atoms with Gasteiger partial charge in [-0.25, -0.2) is 4.79 Å². The number of likely N-dealkylation sites (N-methyl/N-ethyl adjacent to an activating group) is 1. The highest BCUT2D eigenvalue weighted by Gasteiger charge is 2.79. The van der Waals surface area contributed by atoms with Crippen LogP contribution in [0.3, 0.4) is 0 Å². The number of rotatable bonds is 4. The quantitative estimate of drug-likeness (QED) is 0.578. The molecule has 1 aromatic rings. The molecule has 1 saturated carbocycles. The van der Waals surface area contributed by atoms with Gasteiger partial charge in [-0.15, -0.1) is 0 Å². The van der Waals surface area contributed by atoms with Crippen LogP contribution in [0.5, 0.6) is 5.75 Å². The van der Waals surface area contributed by atoms with E-state index in [-0.39, 0.29) is 6.04 Å². The molecule has 3 aliphatic heterocycles. The third-order valence-corrected chi connectivity index (χ3v) is 8.57. The molecule has 1 aliphatic carbocycles. The Morgan fingerprint density at radius 3 is 2.68 bits per heavy atom. The molecule has 1 aromatic carbocycles. The van der Waals surface area contributed by atoms with E-state index in [2.05, 4.69) is 34.9 Å². The van der Waals surface area contributed by atoms with E-state index in [0.29, 0.717) is 0 Å². The summed E-state index contributed by atoms with van der Waals surface area (Å²) < 4.78 is 16.8. The molecule has 168 valence electrons. The van der Waals surface area contributed by atoms with E-state index in [4.69, 9.17) is 14.2 Å². The number of nitrogens with zero attached hydrogens (tertiary/aromatic N) is 2. The third-order valence-electron chi connectivity index (χ3n) is 8.57. The first-order chi connectivity index (χ1) is 14.9. The third kappa shape index (κ3) is 2.17. The van der Waals surface area contributed by atoms with Crippen LogP contribution >= 0.6 is 0 Å². The zero-order valence-corrected chi connectivity index (χ0v) is 18.9. The number of anilines is 1. The van der Waals surface area contributed by atoms with Crippen LogP contribution in [0.15, 0.2) is 30.4 Å². The van der Waals surface area contributed by atoms with Crippen molar-refractivity contribution >= 4 is 11.7 Å². The Kier molecular flexibility index (Phi) is 4.50. The molecular weight excluding hydrogens is 396 g/mol. The Bertz CT molecular complexity index is 950. The van der Waals surface area contributed by atoms with Crippen molar-refractivity contribution in [1.29, 1.82) is 0 Å². The second-order valence-corrected chi connectivity index (χ2v) is 9.39. The van der Waals surface area contributed by atoms with E-state index in [0.717, 1.165) is 37.4 Å². The second kappa shape index (κ2) is 6.70. The summed E-state index contributed by atoms with van der Waals surface area (Å²) in [5.74, 6) is 0.115. The number of ether oxygens (including phenoxy) is 3. The molecule has 0 radical (unpaired) electrons. The average Bonchev–Trinajstić information content (AvgIpc) is 3.30. The van der Waals surface area contributed by atoms with Crippen molar-refractivity contribution in [3.8, 4) is 5.75 Å². The molecule has 6 atom stereocenters. The van der Waals surface area contributed by atoms with Crippen LogP contribution < -0.4 is 9.64 Å². The minimum atomic E-state index is -1.84. The first-order valence-electron chi connectivity index (χ1n) is 11.0. The Hall–Kier alpha value is -2.09. The molecule has 1 N–H and O–H groups in total. The topological polar surface area (TPSA) is 71.5 Å². The van der Waals surface area contributed by atoms with Gasteiger partial charge in [0.25, 0.3) is 0 Å². The lowest BCUT2D eigenvalue weighted by Gasteiger charge is -2.63. The number of hydrogen-bond acceptors (Lipinski definition) is 7. The van der Waals surface area contributed by atoms with Gasteiger partial charge in [0.15, 0.2) is 0 Å². The summed E-state index contributed by atoms with van der Waals surface area (Å²) in [6.45, 7) is 3.89. The average molecular weight is 429 g/mol. The highest BCUT2D eigenvalue weighted by molar-refractivity contribution is 5.86. The zero-order chi connectivity index (χ0) is 22.2. The Morgan fingerprint density at radius 2 is 2.03 bits per heavy atom. The summed E-state index contributed by atoms with van der Waals surface area (Å²) in [6, 6.07) is 5.71. The first-order valence-corrected chi connectivity index (χ1v) is 11.0. The maximum Gasteiger partial charge on any atom is 0.342 e. The fourth-order valence-electron chi connectivity index (χ4n) is 7.71. The fourth-order valence-corrected chi connectivity index (χ4v) is 7.71. The van der Waals surface area contributed by atoms with Gasteiger partial charge in [-0.05, 0) is 31.0 Å². The molecule has 3 heterocycles. The molecule has 2 fully saturated rings. The summed E-state index contributed by atoms with van der Waals surface area (Å²) in [5, 5.41) is 12.4. The van der Waals surface area contributed by atoms with Crippen molar-refractivity contribution in [3.05, 3.63) is 35.9 Å². The molecule has 0 bridgehead atoms. The molecule has 1 saturated heterocycles. The van der Waals surface area contributed by atoms with Crippen molar-refractivity contribution in [2.24, 2.45) is 5.41 Å². The van der Waals surface area contributed by atoms with E-state index in [9.17, 15) is 9.90 Å². The van der Waals surface area contributed by atoms with Crippen LogP contribution in [0.4, 0.5) is 5.69 Å². The summed E-state index contributed by atoms with van der Waals surface area (Å²) in [4.78, 5) is 17.9. The van der Waals surface area contributed by atoms with E-state index < -0.39 is 34.5 Å². The van der Waals surface area contributed by atoms with Crippen LogP contribution in [0.2, 0.25) is 0 Å². The number of fused-ring (bicyclic) bond motifs is 1. The van der Waals surface area contributed by atoms with Gasteiger partial charge in [0.2, 0.25) is 5.60 Å². The lowest BCUT2D eigenvalue weighted by molar-refractivity contribution is -0.224. The van der Waals surface area contributed by atoms with Gasteiger partial charge < -0.3 is 24.2 Å². The number of carbonyl (C=O) groups is 1. The van der Waals surface area contributed by atoms with Crippen LogP contribution in [-0.2, 0) is 19.7 Å². The highest BCUT2D eigenvalue weighted by Crippen LogP contribution is 2.67. The SMILES string of the molecule is CC[C@]12C=CCN3CC[C@@]4(c5ccc(OC)cc5N(C)[C@H]4[C@@](O)(C(=O)OC)[C@@H]1OC)[C@@H]32. The number of carbonyl (C=O) groups excluding carboxylic acids is 1. The van der Waals surface area contributed by atoms with Crippen molar-refractivity contribution in [1.82, 2.24) is 4.90 Å². The van der Waals surface area contributed by atoms with E-state index in [1.807, 2.05) is 19.2 Å². The van der Waals surface area contributed by atoms with Gasteiger partial charge in [-0.2, -0.15) is 0 Å². The molecule has 0 aromatic heterocycles. The molecule has 31 heavy (non-hydrogen) atoms. The van der Waals surface area contributed by atoms with E-state index in [1.54, 1.807) is 14.2 Å². The maximum atomic E-state index is 13.4. The number of methoxy groups -OCH3 is 3. The number of esters is 1. The van der Waals surface area contributed by atoms with Crippen molar-refractivity contribution in [3.63, 3.8) is 0 Å². The maximum absolute atomic E-state index is 13.4. The van der Waals surface area contributed by atoms with Gasteiger partial charge in [0.1, 0.15) is 11.9 Å². The van der Waals surface area contributed by atoms with Crippen LogP contribution in [0.25, 0.3) is 0 Å². The number of hydrogen-bond donors (Lipinski definition) is 1. The summed E-state index contributed by atoms with van der Waals surface area (Å²) in [5.41, 5.74) is -0.641.